The summed E-state index contributed by atoms with van der Waals surface area (Å²) in [5, 5.41) is 13.1. The van der Waals surface area contributed by atoms with Crippen LogP contribution in [0.2, 0.25) is 0 Å². The van der Waals surface area contributed by atoms with Crippen molar-refractivity contribution in [3.05, 3.63) is 35.4 Å². The lowest BCUT2D eigenvalue weighted by atomic mass is 10.0. The Balaban J connectivity index is 0.00000420. The summed E-state index contributed by atoms with van der Waals surface area (Å²) in [5.74, 6) is 0.739. The van der Waals surface area contributed by atoms with E-state index < -0.39 is 11.7 Å². The Kier molecular flexibility index (Phi) is 10.7. The van der Waals surface area contributed by atoms with Crippen LogP contribution in [-0.2, 0) is 6.18 Å². The Labute approximate surface area is 188 Å². The van der Waals surface area contributed by atoms with Gasteiger partial charge in [-0.2, -0.15) is 13.2 Å². The third-order valence-corrected chi connectivity index (χ3v) is 5.09. The van der Waals surface area contributed by atoms with Gasteiger partial charge in [0.25, 0.3) is 0 Å². The maximum atomic E-state index is 12.9. The minimum absolute atomic E-state index is 0. The molecule has 0 radical (unpaired) electrons. The maximum Gasteiger partial charge on any atom is 0.416 e. The second kappa shape index (κ2) is 11.9. The fraction of sp³-hybridized carbons (Fsp3) is 0.650. The van der Waals surface area contributed by atoms with E-state index in [2.05, 4.69) is 10.2 Å². The molecule has 1 aliphatic rings. The van der Waals surface area contributed by atoms with Gasteiger partial charge in [0.05, 0.1) is 24.3 Å². The quantitative estimate of drug-likeness (QED) is 0.322. The Morgan fingerprint density at radius 1 is 1.24 bits per heavy atom. The van der Waals surface area contributed by atoms with Crippen LogP contribution in [0.15, 0.2) is 29.3 Å². The van der Waals surface area contributed by atoms with Crippen LogP contribution in [0.4, 0.5) is 13.2 Å². The van der Waals surface area contributed by atoms with Gasteiger partial charge in [0.2, 0.25) is 0 Å². The Morgan fingerprint density at radius 2 is 1.86 bits per heavy atom. The fourth-order valence-electron chi connectivity index (χ4n) is 3.52. The summed E-state index contributed by atoms with van der Waals surface area (Å²) in [5.41, 5.74) is 0.176. The number of aliphatic imine (C=N–C) groups is 1. The number of likely N-dealkylation sites (tertiary alicyclic amines) is 1. The molecule has 0 saturated carbocycles. The van der Waals surface area contributed by atoms with Crippen LogP contribution in [0.1, 0.15) is 44.4 Å². The first kappa shape index (κ1) is 26.0. The first-order valence-corrected chi connectivity index (χ1v) is 9.92. The zero-order valence-corrected chi connectivity index (χ0v) is 19.6. The van der Waals surface area contributed by atoms with E-state index in [1.54, 1.807) is 12.1 Å². The molecule has 0 aliphatic carbocycles. The standard InChI is InChI=1S/C20H31F3N4O.HI/c1-4-24-19(27-12-11-17(28)14-27)25-13-18(26(5-2)6-3)15-7-9-16(10-8-15)20(21,22)23;/h7-10,17-18,28H,4-6,11-14H2,1-3H3,(H,24,25);1H/t17-,18?;/m1./s1. The number of aliphatic hydroxyl groups excluding tert-OH is 1. The van der Waals surface area contributed by atoms with Crippen molar-refractivity contribution in [1.82, 2.24) is 15.1 Å². The zero-order chi connectivity index (χ0) is 20.7. The van der Waals surface area contributed by atoms with E-state index in [9.17, 15) is 18.3 Å². The van der Waals surface area contributed by atoms with E-state index in [4.69, 9.17) is 4.99 Å². The number of nitrogens with zero attached hydrogens (tertiary/aromatic N) is 3. The highest BCUT2D eigenvalue weighted by molar-refractivity contribution is 14.0. The lowest BCUT2D eigenvalue weighted by molar-refractivity contribution is -0.137. The van der Waals surface area contributed by atoms with Crippen LogP contribution in [-0.4, -0.2) is 66.2 Å². The number of likely N-dealkylation sites (N-methyl/N-ethyl adjacent to an activating group) is 1. The maximum absolute atomic E-state index is 12.9. The normalized spacial score (nSPS) is 18.7. The molecule has 0 aromatic heterocycles. The van der Waals surface area contributed by atoms with Crippen molar-refractivity contribution in [2.24, 2.45) is 4.99 Å². The molecule has 1 fully saturated rings. The van der Waals surface area contributed by atoms with Gasteiger partial charge >= 0.3 is 6.18 Å². The number of hydrogen-bond acceptors (Lipinski definition) is 3. The van der Waals surface area contributed by atoms with Crippen molar-refractivity contribution in [3.63, 3.8) is 0 Å². The lowest BCUT2D eigenvalue weighted by Crippen LogP contribution is -2.41. The lowest BCUT2D eigenvalue weighted by Gasteiger charge is -2.30. The molecule has 0 spiro atoms. The van der Waals surface area contributed by atoms with Gasteiger partial charge in [0, 0.05) is 19.6 Å². The molecule has 1 heterocycles. The molecule has 9 heteroatoms. The number of aliphatic hydroxyl groups is 1. The third-order valence-electron chi connectivity index (χ3n) is 5.09. The summed E-state index contributed by atoms with van der Waals surface area (Å²) in [6.07, 6.45) is -3.98. The Hall–Kier alpha value is -1.07. The van der Waals surface area contributed by atoms with Gasteiger partial charge in [0.1, 0.15) is 0 Å². The number of guanidine groups is 1. The predicted molar refractivity (Wildman–Crippen MR) is 121 cm³/mol. The smallest absolute Gasteiger partial charge is 0.391 e. The van der Waals surface area contributed by atoms with E-state index >= 15 is 0 Å². The van der Waals surface area contributed by atoms with E-state index in [1.807, 2.05) is 25.7 Å². The molecule has 0 bridgehead atoms. The van der Waals surface area contributed by atoms with E-state index in [0.717, 1.165) is 43.3 Å². The number of halogens is 4. The first-order chi connectivity index (χ1) is 13.3. The highest BCUT2D eigenvalue weighted by Gasteiger charge is 2.30. The molecule has 0 amide bonds. The number of rotatable bonds is 7. The summed E-state index contributed by atoms with van der Waals surface area (Å²) >= 11 is 0. The van der Waals surface area contributed by atoms with Gasteiger partial charge in [-0.1, -0.05) is 26.0 Å². The summed E-state index contributed by atoms with van der Waals surface area (Å²) in [7, 11) is 0. The SMILES string of the molecule is CCNC(=NCC(c1ccc(C(F)(F)F)cc1)N(CC)CC)N1CC[C@@H](O)C1.I. The van der Waals surface area contributed by atoms with Crippen molar-refractivity contribution in [2.75, 3.05) is 39.3 Å². The minimum atomic E-state index is -4.34. The minimum Gasteiger partial charge on any atom is -0.391 e. The molecular formula is C20H32F3IN4O. The average molecular weight is 528 g/mol. The van der Waals surface area contributed by atoms with Crippen LogP contribution in [0.3, 0.4) is 0 Å². The average Bonchev–Trinajstić information content (AvgIpc) is 3.09. The number of β-amino-alcohol motifs (C(OH)–C–C–N with tert-alkyl or cyclic N) is 1. The van der Waals surface area contributed by atoms with Crippen LogP contribution in [0.25, 0.3) is 0 Å². The van der Waals surface area contributed by atoms with Crippen LogP contribution in [0, 0.1) is 0 Å². The molecule has 1 aliphatic heterocycles. The molecule has 1 saturated heterocycles. The third kappa shape index (κ3) is 7.29. The molecule has 2 N–H and O–H groups in total. The highest BCUT2D eigenvalue weighted by Crippen LogP contribution is 2.31. The number of nitrogens with one attached hydrogen (secondary N) is 1. The van der Waals surface area contributed by atoms with Crippen molar-refractivity contribution in [2.45, 2.75) is 45.5 Å². The Bertz CT molecular complexity index is 636. The van der Waals surface area contributed by atoms with Crippen molar-refractivity contribution < 1.29 is 18.3 Å². The fourth-order valence-corrected chi connectivity index (χ4v) is 3.52. The van der Waals surface area contributed by atoms with Crippen LogP contribution < -0.4 is 5.32 Å². The molecule has 166 valence electrons. The molecule has 1 unspecified atom stereocenters. The molecule has 5 nitrogen and oxygen atoms in total. The second-order valence-corrected chi connectivity index (χ2v) is 6.94. The predicted octanol–water partition coefficient (Wildman–Crippen LogP) is 3.74. The molecule has 2 rings (SSSR count). The van der Waals surface area contributed by atoms with Gasteiger partial charge in [-0.25, -0.2) is 0 Å². The van der Waals surface area contributed by atoms with E-state index in [1.165, 1.54) is 0 Å². The van der Waals surface area contributed by atoms with Crippen LogP contribution in [0.5, 0.6) is 0 Å². The highest BCUT2D eigenvalue weighted by atomic mass is 127. The summed E-state index contributed by atoms with van der Waals surface area (Å²) < 4.78 is 38.7. The monoisotopic (exact) mass is 528 g/mol. The molecule has 29 heavy (non-hydrogen) atoms. The van der Waals surface area contributed by atoms with Crippen molar-refractivity contribution >= 4 is 29.9 Å². The first-order valence-electron chi connectivity index (χ1n) is 9.92. The van der Waals surface area contributed by atoms with Crippen molar-refractivity contribution in [1.29, 1.82) is 0 Å². The van der Waals surface area contributed by atoms with Gasteiger partial charge in [-0.05, 0) is 44.1 Å². The topological polar surface area (TPSA) is 51.1 Å². The van der Waals surface area contributed by atoms with Crippen LogP contribution >= 0.6 is 24.0 Å². The second-order valence-electron chi connectivity index (χ2n) is 6.94. The number of alkyl halides is 3. The molecule has 1 aromatic carbocycles. The summed E-state index contributed by atoms with van der Waals surface area (Å²) in [4.78, 5) is 8.97. The zero-order valence-electron chi connectivity index (χ0n) is 17.2. The number of benzene rings is 1. The van der Waals surface area contributed by atoms with Gasteiger partial charge in [0.15, 0.2) is 5.96 Å². The molecular weight excluding hydrogens is 496 g/mol. The summed E-state index contributed by atoms with van der Waals surface area (Å²) in [6.45, 7) is 10.0. The van der Waals surface area contributed by atoms with Gasteiger partial charge < -0.3 is 15.3 Å². The van der Waals surface area contributed by atoms with E-state index in [0.29, 0.717) is 26.1 Å². The Morgan fingerprint density at radius 3 is 2.31 bits per heavy atom. The number of hydrogen-bond donors (Lipinski definition) is 2. The molecule has 2 atom stereocenters. The largest absolute Gasteiger partial charge is 0.416 e. The summed E-state index contributed by atoms with van der Waals surface area (Å²) in [6, 6.07) is 5.26. The molecule has 1 aromatic rings. The van der Waals surface area contributed by atoms with E-state index in [-0.39, 0.29) is 36.1 Å². The van der Waals surface area contributed by atoms with Crippen molar-refractivity contribution in [3.8, 4) is 0 Å². The van der Waals surface area contributed by atoms with Gasteiger partial charge in [-0.15, -0.1) is 24.0 Å². The van der Waals surface area contributed by atoms with Gasteiger partial charge in [-0.3, -0.25) is 9.89 Å².